The lowest BCUT2D eigenvalue weighted by molar-refractivity contribution is 0.0666. The van der Waals surface area contributed by atoms with E-state index >= 15 is 0 Å². The summed E-state index contributed by atoms with van der Waals surface area (Å²) >= 11 is 1.35. The van der Waals surface area contributed by atoms with Crippen molar-refractivity contribution in [1.29, 1.82) is 0 Å². The first-order valence-electron chi connectivity index (χ1n) is 6.24. The van der Waals surface area contributed by atoms with Crippen LogP contribution in [0.25, 0.3) is 0 Å². The zero-order valence-corrected chi connectivity index (χ0v) is 13.3. The molecule has 0 bridgehead atoms. The fourth-order valence-corrected chi connectivity index (χ4v) is 4.04. The summed E-state index contributed by atoms with van der Waals surface area (Å²) in [7, 11) is -3.80. The van der Waals surface area contributed by atoms with E-state index in [0.717, 1.165) is 12.1 Å². The number of nitrogens with one attached hydrogen (secondary N) is 1. The third kappa shape index (κ3) is 3.68. The molecule has 0 radical (unpaired) electrons. The van der Waals surface area contributed by atoms with Crippen molar-refractivity contribution in [2.45, 2.75) is 24.3 Å². The van der Waals surface area contributed by atoms with E-state index < -0.39 is 21.4 Å². The molecule has 1 aromatic heterocycles. The highest BCUT2D eigenvalue weighted by Gasteiger charge is 2.27. The predicted octanol–water partition coefficient (Wildman–Crippen LogP) is 2.38. The smallest absolute Gasteiger partial charge is 0.240 e. The van der Waals surface area contributed by atoms with Crippen LogP contribution in [0.5, 0.6) is 0 Å². The van der Waals surface area contributed by atoms with E-state index in [1.807, 2.05) is 5.38 Å². The predicted molar refractivity (Wildman–Crippen MR) is 80.2 cm³/mol. The van der Waals surface area contributed by atoms with Crippen molar-refractivity contribution in [3.05, 3.63) is 52.0 Å². The number of aryl methyl sites for hydroxylation is 1. The first-order valence-corrected chi connectivity index (χ1v) is 8.61. The summed E-state index contributed by atoms with van der Waals surface area (Å²) in [6, 6.07) is 6.99. The molecule has 114 valence electrons. The number of sulfonamides is 1. The van der Waals surface area contributed by atoms with Crippen LogP contribution in [0.2, 0.25) is 0 Å². The summed E-state index contributed by atoms with van der Waals surface area (Å²) in [5, 5.41) is 12.1. The number of rotatable bonds is 5. The second-order valence-electron chi connectivity index (χ2n) is 4.99. The Balaban J connectivity index is 2.19. The average Bonchev–Trinajstić information content (AvgIpc) is 2.91. The van der Waals surface area contributed by atoms with Crippen LogP contribution in [-0.2, 0) is 15.6 Å². The van der Waals surface area contributed by atoms with Gasteiger partial charge in [0.25, 0.3) is 0 Å². The fraction of sp³-hybridized carbons (Fsp3) is 0.286. The highest BCUT2D eigenvalue weighted by Crippen LogP contribution is 2.25. The van der Waals surface area contributed by atoms with Gasteiger partial charge in [-0.05, 0) is 49.1 Å². The molecule has 2 rings (SSSR count). The molecule has 2 aromatic rings. The topological polar surface area (TPSA) is 66.4 Å². The molecule has 21 heavy (non-hydrogen) atoms. The van der Waals surface area contributed by atoms with Crippen molar-refractivity contribution in [3.63, 3.8) is 0 Å². The Bertz CT molecular complexity index is 725. The van der Waals surface area contributed by atoms with Gasteiger partial charge in [-0.25, -0.2) is 17.5 Å². The first-order chi connectivity index (χ1) is 9.72. The molecule has 0 saturated heterocycles. The maximum atomic E-state index is 13.0. The Morgan fingerprint density at radius 2 is 2.10 bits per heavy atom. The van der Waals surface area contributed by atoms with Gasteiger partial charge in [-0.3, -0.25) is 0 Å². The Morgan fingerprint density at radius 1 is 1.38 bits per heavy atom. The Labute approximate surface area is 127 Å². The van der Waals surface area contributed by atoms with Crippen LogP contribution in [0, 0.1) is 12.7 Å². The summed E-state index contributed by atoms with van der Waals surface area (Å²) < 4.78 is 39.9. The molecule has 1 atom stereocenters. The number of aliphatic hydroxyl groups is 1. The summed E-state index contributed by atoms with van der Waals surface area (Å²) in [5.41, 5.74) is -0.979. The highest BCUT2D eigenvalue weighted by molar-refractivity contribution is 7.89. The van der Waals surface area contributed by atoms with E-state index in [1.54, 1.807) is 19.1 Å². The summed E-state index contributed by atoms with van der Waals surface area (Å²) in [5.74, 6) is -0.489. The minimum atomic E-state index is -3.80. The average molecular weight is 329 g/mol. The zero-order valence-electron chi connectivity index (χ0n) is 11.6. The van der Waals surface area contributed by atoms with Gasteiger partial charge in [-0.15, -0.1) is 11.3 Å². The van der Waals surface area contributed by atoms with E-state index in [4.69, 9.17) is 0 Å². The van der Waals surface area contributed by atoms with Crippen molar-refractivity contribution < 1.29 is 17.9 Å². The van der Waals surface area contributed by atoms with Crippen LogP contribution in [0.1, 0.15) is 17.4 Å². The molecule has 0 aliphatic rings. The van der Waals surface area contributed by atoms with Crippen molar-refractivity contribution in [2.24, 2.45) is 0 Å². The third-order valence-electron chi connectivity index (χ3n) is 3.08. The second-order valence-corrected chi connectivity index (χ2v) is 7.67. The van der Waals surface area contributed by atoms with Crippen molar-refractivity contribution in [2.75, 3.05) is 6.54 Å². The van der Waals surface area contributed by atoms with Gasteiger partial charge < -0.3 is 5.11 Å². The maximum absolute atomic E-state index is 13.0. The molecule has 1 unspecified atom stereocenters. The van der Waals surface area contributed by atoms with Gasteiger partial charge in [-0.2, -0.15) is 0 Å². The standard InChI is InChI=1S/C14H16FNO3S2/c1-10-8-11(15)5-6-12(10)21(18,19)16-9-14(2,17)13-4-3-7-20-13/h3-8,16-17H,9H2,1-2H3. The first kappa shape index (κ1) is 16.1. The Morgan fingerprint density at radius 3 is 2.67 bits per heavy atom. The fourth-order valence-electron chi connectivity index (χ4n) is 1.90. The van der Waals surface area contributed by atoms with Gasteiger partial charge in [0.2, 0.25) is 10.0 Å². The van der Waals surface area contributed by atoms with Crippen molar-refractivity contribution >= 4 is 21.4 Å². The number of benzene rings is 1. The lowest BCUT2D eigenvalue weighted by Crippen LogP contribution is -2.38. The number of hydrogen-bond donors (Lipinski definition) is 2. The maximum Gasteiger partial charge on any atom is 0.240 e. The van der Waals surface area contributed by atoms with E-state index in [1.165, 1.54) is 24.3 Å². The summed E-state index contributed by atoms with van der Waals surface area (Å²) in [6.07, 6.45) is 0. The lowest BCUT2D eigenvalue weighted by Gasteiger charge is -2.22. The largest absolute Gasteiger partial charge is 0.383 e. The minimum Gasteiger partial charge on any atom is -0.383 e. The molecule has 0 aliphatic heterocycles. The van der Waals surface area contributed by atoms with Gasteiger partial charge in [0.1, 0.15) is 11.4 Å². The molecule has 0 saturated carbocycles. The summed E-state index contributed by atoms with van der Waals surface area (Å²) in [4.78, 5) is 0.673. The molecular weight excluding hydrogens is 313 g/mol. The SMILES string of the molecule is Cc1cc(F)ccc1S(=O)(=O)NCC(C)(O)c1cccs1. The normalized spacial score (nSPS) is 14.9. The van der Waals surface area contributed by atoms with Crippen LogP contribution < -0.4 is 4.72 Å². The van der Waals surface area contributed by atoms with Gasteiger partial charge in [0.05, 0.1) is 4.90 Å². The second kappa shape index (κ2) is 5.84. The quantitative estimate of drug-likeness (QED) is 0.885. The number of hydrogen-bond acceptors (Lipinski definition) is 4. The van der Waals surface area contributed by atoms with E-state index in [2.05, 4.69) is 4.72 Å². The number of thiophene rings is 1. The zero-order chi connectivity index (χ0) is 15.7. The Hall–Kier alpha value is -1.28. The molecule has 2 N–H and O–H groups in total. The third-order valence-corrected chi connectivity index (χ3v) is 5.77. The summed E-state index contributed by atoms with van der Waals surface area (Å²) in [6.45, 7) is 2.90. The molecule has 0 spiro atoms. The highest BCUT2D eigenvalue weighted by atomic mass is 32.2. The van der Waals surface area contributed by atoms with Crippen LogP contribution in [0.15, 0.2) is 40.6 Å². The lowest BCUT2D eigenvalue weighted by atomic mass is 10.1. The van der Waals surface area contributed by atoms with Gasteiger partial charge in [0.15, 0.2) is 0 Å². The number of halogens is 1. The Kier molecular flexibility index (Phi) is 4.48. The molecular formula is C14H16FNO3S2. The van der Waals surface area contributed by atoms with Gasteiger partial charge in [-0.1, -0.05) is 6.07 Å². The van der Waals surface area contributed by atoms with Gasteiger partial charge >= 0.3 is 0 Å². The monoisotopic (exact) mass is 329 g/mol. The van der Waals surface area contributed by atoms with E-state index in [9.17, 15) is 17.9 Å². The molecule has 0 aliphatic carbocycles. The molecule has 1 heterocycles. The minimum absolute atomic E-state index is 0.00544. The van der Waals surface area contributed by atoms with E-state index in [0.29, 0.717) is 10.4 Å². The van der Waals surface area contributed by atoms with Crippen LogP contribution >= 0.6 is 11.3 Å². The van der Waals surface area contributed by atoms with Crippen LogP contribution in [0.3, 0.4) is 0 Å². The molecule has 4 nitrogen and oxygen atoms in total. The molecule has 0 fully saturated rings. The van der Waals surface area contributed by atoms with Gasteiger partial charge in [0, 0.05) is 11.4 Å². The van der Waals surface area contributed by atoms with Crippen LogP contribution in [-0.4, -0.2) is 20.1 Å². The molecule has 0 amide bonds. The molecule has 1 aromatic carbocycles. The molecule has 7 heteroatoms. The van der Waals surface area contributed by atoms with Crippen molar-refractivity contribution in [1.82, 2.24) is 4.72 Å². The van der Waals surface area contributed by atoms with Crippen molar-refractivity contribution in [3.8, 4) is 0 Å². The van der Waals surface area contributed by atoms with Crippen LogP contribution in [0.4, 0.5) is 4.39 Å². The van der Waals surface area contributed by atoms with E-state index in [-0.39, 0.29) is 11.4 Å².